The number of fused-ring (bicyclic) bond motifs is 2. The van der Waals surface area contributed by atoms with Crippen LogP contribution >= 0.6 is 0 Å². The molecule has 0 saturated carbocycles. The molecule has 0 amide bonds. The van der Waals surface area contributed by atoms with Gasteiger partial charge in [0.25, 0.3) is 0 Å². The zero-order valence-electron chi connectivity index (χ0n) is 7.47. The quantitative estimate of drug-likeness (QED) is 0.599. The van der Waals surface area contributed by atoms with Gasteiger partial charge in [-0.25, -0.2) is 0 Å². The summed E-state index contributed by atoms with van der Waals surface area (Å²) in [5, 5.41) is 12.6. The van der Waals surface area contributed by atoms with Gasteiger partial charge in [-0.3, -0.25) is 0 Å². The van der Waals surface area contributed by atoms with Crippen molar-refractivity contribution in [3.05, 3.63) is 0 Å². The van der Waals surface area contributed by atoms with Crippen LogP contribution < -0.4 is 5.32 Å². The van der Waals surface area contributed by atoms with Crippen molar-refractivity contribution in [2.45, 2.75) is 11.8 Å². The maximum Gasteiger partial charge on any atom is 0.418 e. The first kappa shape index (κ1) is 10.2. The summed E-state index contributed by atoms with van der Waals surface area (Å²) in [6, 6.07) is 0. The van der Waals surface area contributed by atoms with Gasteiger partial charge in [0, 0.05) is 24.9 Å². The fourth-order valence-corrected chi connectivity index (χ4v) is 2.26. The molecule has 2 fully saturated rings. The van der Waals surface area contributed by atoms with Crippen molar-refractivity contribution in [2.24, 2.45) is 11.8 Å². The smallest absolute Gasteiger partial charge is 0.381 e. The number of hydrogen-bond donors (Lipinski definition) is 2. The fourth-order valence-electron chi connectivity index (χ4n) is 2.26. The molecule has 2 rings (SSSR count). The molecule has 0 unspecified atom stereocenters. The van der Waals surface area contributed by atoms with E-state index in [9.17, 15) is 18.3 Å². The van der Waals surface area contributed by atoms with Gasteiger partial charge in [-0.15, -0.1) is 0 Å². The van der Waals surface area contributed by atoms with Gasteiger partial charge in [0.05, 0.1) is 13.2 Å². The minimum Gasteiger partial charge on any atom is -0.381 e. The highest BCUT2D eigenvalue weighted by atomic mass is 19.4. The van der Waals surface area contributed by atoms with Crippen LogP contribution in [0, 0.1) is 11.8 Å². The average Bonchev–Trinajstić information content (AvgIpc) is 2.00. The van der Waals surface area contributed by atoms with E-state index in [0.29, 0.717) is 0 Å². The van der Waals surface area contributed by atoms with Gasteiger partial charge < -0.3 is 15.2 Å². The lowest BCUT2D eigenvalue weighted by atomic mass is 9.72. The number of ether oxygens (including phenoxy) is 1. The number of halogens is 3. The first-order valence-corrected chi connectivity index (χ1v) is 4.54. The van der Waals surface area contributed by atoms with Crippen LogP contribution in [0.2, 0.25) is 0 Å². The van der Waals surface area contributed by atoms with Crippen molar-refractivity contribution in [1.29, 1.82) is 0 Å². The third-order valence-electron chi connectivity index (χ3n) is 3.12. The molecule has 2 atom stereocenters. The van der Waals surface area contributed by atoms with Crippen LogP contribution in [0.15, 0.2) is 0 Å². The fraction of sp³-hybridized carbons (Fsp3) is 1.00. The number of piperidine rings is 1. The second kappa shape index (κ2) is 3.08. The first-order chi connectivity index (χ1) is 6.46. The molecular weight excluding hydrogens is 199 g/mol. The number of rotatable bonds is 0. The van der Waals surface area contributed by atoms with Gasteiger partial charge in [-0.05, 0) is 0 Å². The van der Waals surface area contributed by atoms with Crippen molar-refractivity contribution < 1.29 is 23.0 Å². The molecule has 0 radical (unpaired) electrons. The molecule has 0 aromatic rings. The molecule has 3 nitrogen and oxygen atoms in total. The predicted octanol–water partition coefficient (Wildman–Crippen LogP) is 0.146. The average molecular weight is 211 g/mol. The lowest BCUT2D eigenvalue weighted by Crippen LogP contribution is -2.68. The van der Waals surface area contributed by atoms with Crippen LogP contribution in [0.1, 0.15) is 0 Å². The second-order valence-corrected chi connectivity index (χ2v) is 3.91. The molecule has 0 aromatic carbocycles. The van der Waals surface area contributed by atoms with Crippen LogP contribution in [0.3, 0.4) is 0 Å². The molecule has 2 heterocycles. The Morgan fingerprint density at radius 3 is 2.07 bits per heavy atom. The topological polar surface area (TPSA) is 41.5 Å². The van der Waals surface area contributed by atoms with Gasteiger partial charge in [0.2, 0.25) is 0 Å². The van der Waals surface area contributed by atoms with Crippen LogP contribution in [-0.2, 0) is 4.74 Å². The molecule has 0 aliphatic carbocycles. The summed E-state index contributed by atoms with van der Waals surface area (Å²) in [6.45, 7) is 0.262. The minimum absolute atomic E-state index is 0.0283. The molecular formula is C8H12F3NO2. The van der Waals surface area contributed by atoms with E-state index < -0.39 is 23.6 Å². The molecule has 2 aliphatic heterocycles. The first-order valence-electron chi connectivity index (χ1n) is 4.54. The van der Waals surface area contributed by atoms with E-state index >= 15 is 0 Å². The number of alkyl halides is 3. The Balaban J connectivity index is 2.31. The molecule has 14 heavy (non-hydrogen) atoms. The summed E-state index contributed by atoms with van der Waals surface area (Å²) >= 11 is 0. The Morgan fingerprint density at radius 2 is 1.71 bits per heavy atom. The Morgan fingerprint density at radius 1 is 1.21 bits per heavy atom. The van der Waals surface area contributed by atoms with Crippen LogP contribution in [0.4, 0.5) is 13.2 Å². The summed E-state index contributed by atoms with van der Waals surface area (Å²) < 4.78 is 43.2. The van der Waals surface area contributed by atoms with E-state index in [1.54, 1.807) is 0 Å². The van der Waals surface area contributed by atoms with Crippen LogP contribution in [0.5, 0.6) is 0 Å². The standard InChI is InChI=1S/C8H12F3NO2/c9-8(10,11)7(13)5-1-12-2-6(7)4-14-3-5/h5-6,12-13H,1-4H2/t5-,6-/m1/s1. The monoisotopic (exact) mass is 211 g/mol. The highest BCUT2D eigenvalue weighted by Crippen LogP contribution is 2.45. The Labute approximate surface area is 79.2 Å². The maximum absolute atomic E-state index is 12.7. The van der Waals surface area contributed by atoms with E-state index in [1.807, 2.05) is 0 Å². The van der Waals surface area contributed by atoms with Gasteiger partial charge in [-0.1, -0.05) is 0 Å². The highest BCUT2D eigenvalue weighted by Gasteiger charge is 2.65. The Hall–Kier alpha value is -0.330. The molecule has 2 N–H and O–H groups in total. The second-order valence-electron chi connectivity index (χ2n) is 3.91. The summed E-state index contributed by atoms with van der Waals surface area (Å²) in [6.07, 6.45) is -4.56. The lowest BCUT2D eigenvalue weighted by Gasteiger charge is -2.49. The largest absolute Gasteiger partial charge is 0.418 e. The predicted molar refractivity (Wildman–Crippen MR) is 41.7 cm³/mol. The zero-order chi connectivity index (χ0) is 10.4. The van der Waals surface area contributed by atoms with Crippen molar-refractivity contribution in [2.75, 3.05) is 26.3 Å². The SMILES string of the molecule is OC1(C(F)(F)F)[C@@H]2CNC[C@@H]1COC2. The Kier molecular flexibility index (Phi) is 2.24. The molecule has 2 saturated heterocycles. The summed E-state index contributed by atoms with van der Waals surface area (Å²) in [5.74, 6) is -1.76. The van der Waals surface area contributed by atoms with Crippen molar-refractivity contribution in [3.8, 4) is 0 Å². The highest BCUT2D eigenvalue weighted by molar-refractivity contribution is 5.04. The molecule has 2 bridgehead atoms. The molecule has 0 spiro atoms. The third kappa shape index (κ3) is 1.24. The summed E-state index contributed by atoms with van der Waals surface area (Å²) in [5.41, 5.74) is -2.56. The van der Waals surface area contributed by atoms with Crippen molar-refractivity contribution in [1.82, 2.24) is 5.32 Å². The zero-order valence-corrected chi connectivity index (χ0v) is 7.47. The Bertz CT molecular complexity index is 209. The third-order valence-corrected chi connectivity index (χ3v) is 3.12. The van der Waals surface area contributed by atoms with Gasteiger partial charge in [0.1, 0.15) is 0 Å². The molecule has 82 valence electrons. The van der Waals surface area contributed by atoms with Gasteiger partial charge in [0.15, 0.2) is 5.60 Å². The molecule has 6 heteroatoms. The van der Waals surface area contributed by atoms with Crippen molar-refractivity contribution in [3.63, 3.8) is 0 Å². The molecule has 0 aromatic heterocycles. The van der Waals surface area contributed by atoms with E-state index in [1.165, 1.54) is 0 Å². The van der Waals surface area contributed by atoms with Gasteiger partial charge >= 0.3 is 6.18 Å². The number of hydrogen-bond acceptors (Lipinski definition) is 3. The van der Waals surface area contributed by atoms with Gasteiger partial charge in [-0.2, -0.15) is 13.2 Å². The lowest BCUT2D eigenvalue weighted by molar-refractivity contribution is -0.327. The minimum atomic E-state index is -4.56. The van der Waals surface area contributed by atoms with E-state index in [-0.39, 0.29) is 26.3 Å². The van der Waals surface area contributed by atoms with Crippen LogP contribution in [0.25, 0.3) is 0 Å². The maximum atomic E-state index is 12.7. The van der Waals surface area contributed by atoms with E-state index in [4.69, 9.17) is 4.74 Å². The van der Waals surface area contributed by atoms with Crippen molar-refractivity contribution >= 4 is 0 Å². The number of nitrogens with one attached hydrogen (secondary N) is 1. The van der Waals surface area contributed by atoms with Crippen LogP contribution in [-0.4, -0.2) is 43.2 Å². The summed E-state index contributed by atoms with van der Waals surface area (Å²) in [4.78, 5) is 0. The van der Waals surface area contributed by atoms with E-state index in [0.717, 1.165) is 0 Å². The normalized spacial score (nSPS) is 43.7. The summed E-state index contributed by atoms with van der Waals surface area (Å²) in [7, 11) is 0. The van der Waals surface area contributed by atoms with E-state index in [2.05, 4.69) is 5.32 Å². The number of aliphatic hydroxyl groups is 1. The molecule has 2 aliphatic rings.